The fourth-order valence-corrected chi connectivity index (χ4v) is 3.68. The van der Waals surface area contributed by atoms with Gasteiger partial charge in [-0.2, -0.15) is 23.3 Å². The SMILES string of the molecule is CCC(c1ccc(C(F)(F)F)nc1)n1cc(-c2cc(C(=O)N[C@@H](C)CO)c3nc(N)nn3c2)cn1. The van der Waals surface area contributed by atoms with E-state index in [9.17, 15) is 23.1 Å². The topological polar surface area (TPSA) is 136 Å². The minimum Gasteiger partial charge on any atom is -0.394 e. The van der Waals surface area contributed by atoms with Crippen LogP contribution in [0.3, 0.4) is 0 Å². The quantitative estimate of drug-likeness (QED) is 0.364. The number of rotatable bonds is 7. The zero-order chi connectivity index (χ0) is 25.3. The average Bonchev–Trinajstić information content (AvgIpc) is 3.44. The van der Waals surface area contributed by atoms with Gasteiger partial charge in [0.15, 0.2) is 5.65 Å². The number of aliphatic hydroxyl groups excluding tert-OH is 1. The van der Waals surface area contributed by atoms with E-state index < -0.39 is 23.8 Å². The lowest BCUT2D eigenvalue weighted by atomic mass is 10.1. The fraction of sp³-hybridized carbons (Fsp3) is 0.318. The number of aromatic nitrogens is 6. The van der Waals surface area contributed by atoms with Gasteiger partial charge in [-0.1, -0.05) is 13.0 Å². The molecule has 0 aromatic carbocycles. The molecule has 4 rings (SSSR count). The third-order valence-electron chi connectivity index (χ3n) is 5.45. The van der Waals surface area contributed by atoms with Crippen molar-refractivity contribution >= 4 is 17.5 Å². The Morgan fingerprint density at radius 3 is 2.63 bits per heavy atom. The number of nitrogens with two attached hydrogens (primary N) is 1. The Bertz CT molecular complexity index is 1350. The molecule has 13 heteroatoms. The summed E-state index contributed by atoms with van der Waals surface area (Å²) in [6, 6.07) is 3.13. The van der Waals surface area contributed by atoms with Gasteiger partial charge in [0.05, 0.1) is 24.4 Å². The number of nitrogen functional groups attached to an aromatic ring is 1. The molecule has 0 aliphatic heterocycles. The highest BCUT2D eigenvalue weighted by Crippen LogP contribution is 2.30. The van der Waals surface area contributed by atoms with Crippen LogP contribution in [0.15, 0.2) is 43.0 Å². The van der Waals surface area contributed by atoms with Gasteiger partial charge in [0.2, 0.25) is 5.95 Å². The molecular formula is C22H23F3N8O2. The number of fused-ring (bicyclic) bond motifs is 1. The number of amides is 1. The number of carbonyl (C=O) groups is 1. The van der Waals surface area contributed by atoms with Crippen molar-refractivity contribution in [3.05, 3.63) is 59.8 Å². The molecule has 0 saturated heterocycles. The molecule has 4 aromatic rings. The number of carbonyl (C=O) groups excluding carboxylic acids is 1. The highest BCUT2D eigenvalue weighted by molar-refractivity contribution is 6.01. The predicted octanol–water partition coefficient (Wildman–Crippen LogP) is 2.70. The molecule has 0 saturated carbocycles. The summed E-state index contributed by atoms with van der Waals surface area (Å²) in [7, 11) is 0. The van der Waals surface area contributed by atoms with E-state index >= 15 is 0 Å². The van der Waals surface area contributed by atoms with Crippen molar-refractivity contribution in [1.82, 2.24) is 34.7 Å². The molecule has 0 aliphatic carbocycles. The maximum Gasteiger partial charge on any atom is 0.433 e. The van der Waals surface area contributed by atoms with Crippen LogP contribution in [0.5, 0.6) is 0 Å². The largest absolute Gasteiger partial charge is 0.433 e. The smallest absolute Gasteiger partial charge is 0.394 e. The summed E-state index contributed by atoms with van der Waals surface area (Å²) < 4.78 is 41.6. The summed E-state index contributed by atoms with van der Waals surface area (Å²) in [5, 5.41) is 20.4. The Labute approximate surface area is 197 Å². The van der Waals surface area contributed by atoms with Crippen molar-refractivity contribution in [2.75, 3.05) is 12.3 Å². The van der Waals surface area contributed by atoms with Crippen molar-refractivity contribution in [3.8, 4) is 11.1 Å². The van der Waals surface area contributed by atoms with Crippen molar-refractivity contribution in [2.24, 2.45) is 0 Å². The van der Waals surface area contributed by atoms with Crippen molar-refractivity contribution in [2.45, 2.75) is 38.5 Å². The molecule has 10 nitrogen and oxygen atoms in total. The Balaban J connectivity index is 1.69. The summed E-state index contributed by atoms with van der Waals surface area (Å²) >= 11 is 0. The number of pyridine rings is 2. The third-order valence-corrected chi connectivity index (χ3v) is 5.45. The number of halogens is 3. The second-order valence-corrected chi connectivity index (χ2v) is 8.05. The summed E-state index contributed by atoms with van der Waals surface area (Å²) in [6.07, 6.45) is 2.20. The molecular weight excluding hydrogens is 465 g/mol. The van der Waals surface area contributed by atoms with Gasteiger partial charge in [0.25, 0.3) is 5.91 Å². The standard InChI is InChI=1S/C22H23F3N8O2/c1-3-17(13-4-5-18(27-7-13)22(23,24)25)32-10-15(8-28-32)14-6-16(20(35)29-12(2)11-34)19-30-21(26)31-33(19)9-14/h4-10,12,17,34H,3,11H2,1-2H3,(H2,26,31)(H,29,35)/t12-,17?/m0/s1. The van der Waals surface area contributed by atoms with Gasteiger partial charge >= 0.3 is 6.18 Å². The van der Waals surface area contributed by atoms with Crippen LogP contribution in [-0.4, -0.2) is 53.0 Å². The summed E-state index contributed by atoms with van der Waals surface area (Å²) in [6.45, 7) is 3.31. The van der Waals surface area contributed by atoms with Gasteiger partial charge in [-0.3, -0.25) is 14.5 Å². The van der Waals surface area contributed by atoms with Crippen molar-refractivity contribution in [3.63, 3.8) is 0 Å². The van der Waals surface area contributed by atoms with Gasteiger partial charge in [-0.25, -0.2) is 4.52 Å². The van der Waals surface area contributed by atoms with Gasteiger partial charge in [0, 0.05) is 35.8 Å². The minimum atomic E-state index is -4.51. The number of aliphatic hydroxyl groups is 1. The van der Waals surface area contributed by atoms with E-state index in [4.69, 9.17) is 5.73 Å². The van der Waals surface area contributed by atoms with E-state index in [0.717, 1.165) is 6.07 Å². The van der Waals surface area contributed by atoms with Crippen LogP contribution >= 0.6 is 0 Å². The zero-order valence-electron chi connectivity index (χ0n) is 18.9. The number of hydrogen-bond donors (Lipinski definition) is 3. The van der Waals surface area contributed by atoms with Gasteiger partial charge < -0.3 is 16.2 Å². The highest BCUT2D eigenvalue weighted by atomic mass is 19.4. The number of hydrogen-bond acceptors (Lipinski definition) is 7. The van der Waals surface area contributed by atoms with E-state index in [0.29, 0.717) is 23.1 Å². The second-order valence-electron chi connectivity index (χ2n) is 8.05. The number of nitrogens with zero attached hydrogens (tertiary/aromatic N) is 6. The van der Waals surface area contributed by atoms with Gasteiger partial charge in [-0.05, 0) is 31.0 Å². The van der Waals surface area contributed by atoms with Crippen LogP contribution in [0.25, 0.3) is 16.8 Å². The molecule has 184 valence electrons. The molecule has 4 heterocycles. The van der Waals surface area contributed by atoms with Crippen LogP contribution < -0.4 is 11.1 Å². The Hall–Kier alpha value is -4.00. The molecule has 4 N–H and O–H groups in total. The Morgan fingerprint density at radius 2 is 2.00 bits per heavy atom. The van der Waals surface area contributed by atoms with Gasteiger partial charge in [0.1, 0.15) is 5.69 Å². The Morgan fingerprint density at radius 1 is 1.23 bits per heavy atom. The maximum atomic E-state index is 12.9. The predicted molar refractivity (Wildman–Crippen MR) is 120 cm³/mol. The van der Waals surface area contributed by atoms with E-state index in [1.165, 1.54) is 16.8 Å². The molecule has 0 spiro atoms. The molecule has 1 amide bonds. The van der Waals surface area contributed by atoms with Crippen LogP contribution in [0.2, 0.25) is 0 Å². The van der Waals surface area contributed by atoms with E-state index in [1.807, 2.05) is 6.92 Å². The number of alkyl halides is 3. The van der Waals surface area contributed by atoms with E-state index in [1.54, 1.807) is 36.3 Å². The average molecular weight is 488 g/mol. The first-order valence-electron chi connectivity index (χ1n) is 10.8. The summed E-state index contributed by atoms with van der Waals surface area (Å²) in [4.78, 5) is 20.5. The molecule has 0 aliphatic rings. The van der Waals surface area contributed by atoms with Crippen LogP contribution in [0.4, 0.5) is 19.1 Å². The minimum absolute atomic E-state index is 0.0112. The first-order valence-corrected chi connectivity index (χ1v) is 10.8. The summed E-state index contributed by atoms with van der Waals surface area (Å²) in [5.41, 5.74) is 7.05. The normalized spacial score (nSPS) is 13.7. The van der Waals surface area contributed by atoms with Crippen LogP contribution in [0, 0.1) is 0 Å². The lowest BCUT2D eigenvalue weighted by molar-refractivity contribution is -0.141. The van der Waals surface area contributed by atoms with Gasteiger partial charge in [-0.15, -0.1) is 5.10 Å². The van der Waals surface area contributed by atoms with E-state index in [2.05, 4.69) is 25.5 Å². The first-order chi connectivity index (χ1) is 16.6. The number of anilines is 1. The van der Waals surface area contributed by atoms with E-state index in [-0.39, 0.29) is 29.8 Å². The second kappa shape index (κ2) is 9.33. The fourth-order valence-electron chi connectivity index (χ4n) is 3.68. The molecule has 0 bridgehead atoms. The molecule has 0 fully saturated rings. The van der Waals surface area contributed by atoms with Crippen LogP contribution in [0.1, 0.15) is 47.9 Å². The monoisotopic (exact) mass is 488 g/mol. The molecule has 2 atom stereocenters. The molecule has 0 radical (unpaired) electrons. The lowest BCUT2D eigenvalue weighted by Gasteiger charge is -2.16. The van der Waals surface area contributed by atoms with Crippen molar-refractivity contribution < 1.29 is 23.1 Å². The third kappa shape index (κ3) is 4.94. The van der Waals surface area contributed by atoms with Crippen molar-refractivity contribution in [1.29, 1.82) is 0 Å². The maximum absolute atomic E-state index is 12.9. The molecule has 1 unspecified atom stereocenters. The molecule has 4 aromatic heterocycles. The van der Waals surface area contributed by atoms with Crippen LogP contribution in [-0.2, 0) is 6.18 Å². The zero-order valence-corrected chi connectivity index (χ0v) is 18.9. The lowest BCUT2D eigenvalue weighted by Crippen LogP contribution is -2.35. The molecule has 35 heavy (non-hydrogen) atoms. The highest BCUT2D eigenvalue weighted by Gasteiger charge is 2.32. The summed E-state index contributed by atoms with van der Waals surface area (Å²) in [5.74, 6) is -0.469. The number of nitrogens with one attached hydrogen (secondary N) is 1. The Kier molecular flexibility index (Phi) is 6.43. The first kappa shape index (κ1) is 24.1.